The van der Waals surface area contributed by atoms with Gasteiger partial charge in [0.25, 0.3) is 10.0 Å². The summed E-state index contributed by atoms with van der Waals surface area (Å²) in [6.07, 6.45) is 0. The minimum atomic E-state index is -3.67. The molecule has 1 heterocycles. The summed E-state index contributed by atoms with van der Waals surface area (Å²) >= 11 is 0. The van der Waals surface area contributed by atoms with E-state index in [2.05, 4.69) is 5.10 Å². The van der Waals surface area contributed by atoms with Crippen molar-refractivity contribution in [1.29, 1.82) is 0 Å². The second kappa shape index (κ2) is 4.70. The molecule has 0 aliphatic carbocycles. The van der Waals surface area contributed by atoms with Crippen molar-refractivity contribution in [2.75, 3.05) is 0 Å². The van der Waals surface area contributed by atoms with Crippen molar-refractivity contribution in [3.63, 3.8) is 0 Å². The Kier molecular flexibility index (Phi) is 3.10. The molecule has 2 aromatic carbocycles. The number of fused-ring (bicyclic) bond motifs is 1. The van der Waals surface area contributed by atoms with Gasteiger partial charge in [-0.15, -0.1) is 0 Å². The molecule has 108 valence electrons. The lowest BCUT2D eigenvalue weighted by Gasteiger charge is -2.06. The van der Waals surface area contributed by atoms with Gasteiger partial charge in [-0.05, 0) is 45.0 Å². The molecule has 0 spiro atoms. The van der Waals surface area contributed by atoms with Crippen molar-refractivity contribution < 1.29 is 8.42 Å². The quantitative estimate of drug-likeness (QED) is 0.730. The molecule has 3 aromatic rings. The Bertz CT molecular complexity index is 923. The molecule has 0 amide bonds. The van der Waals surface area contributed by atoms with Crippen molar-refractivity contribution in [3.05, 3.63) is 59.3 Å². The summed E-state index contributed by atoms with van der Waals surface area (Å²) in [5.41, 5.74) is 3.42. The largest absolute Gasteiger partial charge is 0.283 e. The molecule has 0 saturated heterocycles. The molecule has 3 rings (SSSR count). The van der Waals surface area contributed by atoms with Crippen molar-refractivity contribution in [2.24, 2.45) is 0 Å². The van der Waals surface area contributed by atoms with E-state index in [4.69, 9.17) is 0 Å². The van der Waals surface area contributed by atoms with E-state index in [1.54, 1.807) is 30.3 Å². The fourth-order valence-corrected chi connectivity index (χ4v) is 3.67. The molecule has 0 aliphatic heterocycles. The van der Waals surface area contributed by atoms with Gasteiger partial charge in [-0.25, -0.2) is 0 Å². The summed E-state index contributed by atoms with van der Waals surface area (Å²) in [5, 5.41) is 5.10. The topological polar surface area (TPSA) is 52.0 Å². The fraction of sp³-hybridized carbons (Fsp3) is 0.188. The van der Waals surface area contributed by atoms with Crippen LogP contribution >= 0.6 is 0 Å². The number of aromatic nitrogens is 2. The Morgan fingerprint density at radius 2 is 1.52 bits per heavy atom. The van der Waals surface area contributed by atoms with E-state index in [9.17, 15) is 8.42 Å². The molecule has 0 N–H and O–H groups in total. The molecule has 0 unspecified atom stereocenters. The first-order chi connectivity index (χ1) is 9.89. The summed E-state index contributed by atoms with van der Waals surface area (Å²) < 4.78 is 26.6. The van der Waals surface area contributed by atoms with Gasteiger partial charge in [0, 0.05) is 5.39 Å². The number of hydrogen-bond donors (Lipinski definition) is 0. The van der Waals surface area contributed by atoms with Crippen LogP contribution in [0.1, 0.15) is 16.8 Å². The van der Waals surface area contributed by atoms with Gasteiger partial charge in [-0.3, -0.25) is 0 Å². The van der Waals surface area contributed by atoms with Gasteiger partial charge in [0.1, 0.15) is 0 Å². The first-order valence-electron chi connectivity index (χ1n) is 6.68. The molecule has 4 nitrogen and oxygen atoms in total. The summed E-state index contributed by atoms with van der Waals surface area (Å²) in [6.45, 7) is 5.72. The van der Waals surface area contributed by atoms with Crippen LogP contribution in [0, 0.1) is 20.8 Å². The SMILES string of the molecule is Cc1ccc(S(=O)(=O)n2nc(C)c3cc(C)ccc32)cc1. The van der Waals surface area contributed by atoms with E-state index < -0.39 is 10.0 Å². The minimum absolute atomic E-state index is 0.248. The Labute approximate surface area is 124 Å². The van der Waals surface area contributed by atoms with E-state index in [0.29, 0.717) is 11.2 Å². The van der Waals surface area contributed by atoms with E-state index in [0.717, 1.165) is 20.6 Å². The Balaban J connectivity index is 2.26. The number of rotatable bonds is 2. The summed E-state index contributed by atoms with van der Waals surface area (Å²) in [4.78, 5) is 0.248. The maximum Gasteiger partial charge on any atom is 0.283 e. The smallest absolute Gasteiger partial charge is 0.199 e. The van der Waals surface area contributed by atoms with Crippen molar-refractivity contribution in [1.82, 2.24) is 9.19 Å². The maximum atomic E-state index is 12.8. The highest BCUT2D eigenvalue weighted by Crippen LogP contribution is 2.24. The maximum absolute atomic E-state index is 12.8. The molecule has 0 fully saturated rings. The molecule has 0 aliphatic rings. The van der Waals surface area contributed by atoms with Gasteiger partial charge in [-0.2, -0.15) is 17.6 Å². The summed E-state index contributed by atoms with van der Waals surface area (Å²) in [7, 11) is -3.67. The zero-order valence-corrected chi connectivity index (χ0v) is 13.0. The van der Waals surface area contributed by atoms with Crippen LogP contribution in [0.4, 0.5) is 0 Å². The van der Waals surface area contributed by atoms with Crippen LogP contribution < -0.4 is 0 Å². The zero-order valence-electron chi connectivity index (χ0n) is 12.2. The van der Waals surface area contributed by atoms with Crippen molar-refractivity contribution >= 4 is 20.9 Å². The van der Waals surface area contributed by atoms with Crippen LogP contribution in [-0.4, -0.2) is 17.6 Å². The lowest BCUT2D eigenvalue weighted by Crippen LogP contribution is -2.14. The van der Waals surface area contributed by atoms with Gasteiger partial charge >= 0.3 is 0 Å². The zero-order chi connectivity index (χ0) is 15.2. The summed E-state index contributed by atoms with van der Waals surface area (Å²) in [6, 6.07) is 12.5. The third kappa shape index (κ3) is 2.23. The van der Waals surface area contributed by atoms with E-state index in [-0.39, 0.29) is 4.90 Å². The number of nitrogens with zero attached hydrogens (tertiary/aromatic N) is 2. The Morgan fingerprint density at radius 1 is 0.905 bits per heavy atom. The standard InChI is InChI=1S/C16H16N2O2S/c1-11-4-7-14(8-5-11)21(19,20)18-16-9-6-12(2)10-15(16)13(3)17-18/h4-10H,1-3H3. The lowest BCUT2D eigenvalue weighted by atomic mass is 10.1. The Hall–Kier alpha value is -2.14. The van der Waals surface area contributed by atoms with Gasteiger partial charge < -0.3 is 0 Å². The van der Waals surface area contributed by atoms with Crippen LogP contribution in [0.2, 0.25) is 0 Å². The second-order valence-electron chi connectivity index (χ2n) is 5.27. The summed E-state index contributed by atoms with van der Waals surface area (Å²) in [5.74, 6) is 0. The van der Waals surface area contributed by atoms with E-state index in [1.807, 2.05) is 32.9 Å². The monoisotopic (exact) mass is 300 g/mol. The third-order valence-corrected chi connectivity index (χ3v) is 5.14. The van der Waals surface area contributed by atoms with Gasteiger partial charge in [-0.1, -0.05) is 29.3 Å². The Morgan fingerprint density at radius 3 is 2.19 bits per heavy atom. The predicted molar refractivity (Wildman–Crippen MR) is 83.0 cm³/mol. The molecule has 0 atom stereocenters. The molecule has 0 saturated carbocycles. The highest BCUT2D eigenvalue weighted by molar-refractivity contribution is 7.90. The number of hydrogen-bond acceptors (Lipinski definition) is 3. The third-order valence-electron chi connectivity index (χ3n) is 3.54. The normalized spacial score (nSPS) is 12.0. The van der Waals surface area contributed by atoms with Crippen molar-refractivity contribution in [3.8, 4) is 0 Å². The average Bonchev–Trinajstić information content (AvgIpc) is 2.77. The molecule has 0 radical (unpaired) electrons. The first kappa shape index (κ1) is 13.8. The van der Waals surface area contributed by atoms with Crippen molar-refractivity contribution in [2.45, 2.75) is 25.7 Å². The number of benzene rings is 2. The molecule has 1 aromatic heterocycles. The molecule has 0 bridgehead atoms. The fourth-order valence-electron chi connectivity index (χ4n) is 2.34. The van der Waals surface area contributed by atoms with Gasteiger partial charge in [0.05, 0.1) is 16.1 Å². The molecular weight excluding hydrogens is 284 g/mol. The average molecular weight is 300 g/mol. The lowest BCUT2D eigenvalue weighted by molar-refractivity contribution is 0.582. The van der Waals surface area contributed by atoms with Crippen LogP contribution in [0.3, 0.4) is 0 Å². The van der Waals surface area contributed by atoms with Crippen LogP contribution in [0.25, 0.3) is 10.9 Å². The second-order valence-corrected chi connectivity index (χ2v) is 7.03. The molecular formula is C16H16N2O2S. The molecule has 5 heteroatoms. The molecule has 21 heavy (non-hydrogen) atoms. The predicted octanol–water partition coefficient (Wildman–Crippen LogP) is 3.20. The van der Waals surface area contributed by atoms with Gasteiger partial charge in [0.2, 0.25) is 0 Å². The highest BCUT2D eigenvalue weighted by atomic mass is 32.2. The van der Waals surface area contributed by atoms with Crippen LogP contribution in [0.5, 0.6) is 0 Å². The number of aryl methyl sites for hydroxylation is 3. The van der Waals surface area contributed by atoms with Gasteiger partial charge in [0.15, 0.2) is 0 Å². The first-order valence-corrected chi connectivity index (χ1v) is 8.12. The van der Waals surface area contributed by atoms with E-state index in [1.165, 1.54) is 0 Å². The highest BCUT2D eigenvalue weighted by Gasteiger charge is 2.21. The minimum Gasteiger partial charge on any atom is -0.199 e. The van der Waals surface area contributed by atoms with Crippen LogP contribution in [0.15, 0.2) is 47.4 Å². The van der Waals surface area contributed by atoms with Crippen LogP contribution in [-0.2, 0) is 10.0 Å². The van der Waals surface area contributed by atoms with E-state index >= 15 is 0 Å².